The summed E-state index contributed by atoms with van der Waals surface area (Å²) < 4.78 is 1.84. The van der Waals surface area contributed by atoms with Gasteiger partial charge in [0, 0.05) is 35.8 Å². The third-order valence-corrected chi connectivity index (χ3v) is 4.21. The zero-order valence-electron chi connectivity index (χ0n) is 14.6. The van der Waals surface area contributed by atoms with Crippen LogP contribution in [0.3, 0.4) is 0 Å². The standard InChI is InChI=1S/C20H19N3O3/c1-13-5-6-14(2)23(13)18-10-15(7-8-17(18)20(25)26)19(24)12-21-11-16-4-3-9-22-16/h3,5-11H,4,12H2,1-2H3,(H,25,26). The number of carbonyl (C=O) groups excluding carboxylic acids is 1. The molecular weight excluding hydrogens is 330 g/mol. The molecule has 6 heteroatoms. The maximum atomic E-state index is 12.5. The molecule has 3 rings (SSSR count). The summed E-state index contributed by atoms with van der Waals surface area (Å²) in [5, 5.41) is 9.50. The van der Waals surface area contributed by atoms with Gasteiger partial charge in [0.25, 0.3) is 0 Å². The molecule has 0 radical (unpaired) electrons. The molecule has 0 saturated carbocycles. The molecule has 0 spiro atoms. The molecule has 0 aliphatic carbocycles. The number of aliphatic imine (C=N–C) groups is 2. The Morgan fingerprint density at radius 2 is 1.96 bits per heavy atom. The van der Waals surface area contributed by atoms with Crippen LogP contribution in [0.1, 0.15) is 38.5 Å². The number of benzene rings is 1. The molecule has 1 aliphatic rings. The molecule has 26 heavy (non-hydrogen) atoms. The third-order valence-electron chi connectivity index (χ3n) is 4.21. The number of carboxylic acids is 1. The second-order valence-electron chi connectivity index (χ2n) is 6.09. The van der Waals surface area contributed by atoms with Gasteiger partial charge in [0.05, 0.1) is 17.0 Å². The zero-order valence-corrected chi connectivity index (χ0v) is 14.6. The van der Waals surface area contributed by atoms with E-state index in [1.165, 1.54) is 12.1 Å². The molecule has 0 bridgehead atoms. The van der Waals surface area contributed by atoms with Crippen LogP contribution in [0, 0.1) is 13.8 Å². The van der Waals surface area contributed by atoms with Crippen LogP contribution >= 0.6 is 0 Å². The first kappa shape index (κ1) is 17.5. The Bertz CT molecular complexity index is 945. The molecule has 1 aliphatic heterocycles. The van der Waals surface area contributed by atoms with Crippen LogP contribution in [-0.4, -0.2) is 39.9 Å². The molecule has 1 aromatic carbocycles. The molecule has 0 unspecified atom stereocenters. The van der Waals surface area contributed by atoms with E-state index < -0.39 is 5.97 Å². The summed E-state index contributed by atoms with van der Waals surface area (Å²) in [4.78, 5) is 32.3. The van der Waals surface area contributed by atoms with Crippen molar-refractivity contribution in [1.29, 1.82) is 0 Å². The maximum absolute atomic E-state index is 12.5. The number of ketones is 1. The van der Waals surface area contributed by atoms with E-state index in [1.807, 2.05) is 36.6 Å². The SMILES string of the molecule is Cc1ccc(C)n1-c1cc(C(=O)CN=CC2=NC=CC2)ccc1C(=O)O. The molecule has 132 valence electrons. The Morgan fingerprint density at radius 3 is 2.58 bits per heavy atom. The van der Waals surface area contributed by atoms with Gasteiger partial charge in [-0.1, -0.05) is 12.1 Å². The van der Waals surface area contributed by atoms with Crippen molar-refractivity contribution < 1.29 is 14.7 Å². The highest BCUT2D eigenvalue weighted by atomic mass is 16.4. The minimum atomic E-state index is -1.03. The minimum absolute atomic E-state index is 0.00544. The van der Waals surface area contributed by atoms with Gasteiger partial charge >= 0.3 is 5.97 Å². The number of hydrogen-bond donors (Lipinski definition) is 1. The second-order valence-corrected chi connectivity index (χ2v) is 6.09. The molecule has 2 heterocycles. The van der Waals surface area contributed by atoms with Gasteiger partial charge in [-0.15, -0.1) is 0 Å². The van der Waals surface area contributed by atoms with Gasteiger partial charge in [0.1, 0.15) is 6.54 Å². The number of Topliss-reactive ketones (excluding diaryl/α,β-unsaturated/α-hetero) is 1. The van der Waals surface area contributed by atoms with Gasteiger partial charge in [-0.3, -0.25) is 14.8 Å². The number of carboxylic acid groups (broad SMARTS) is 1. The monoisotopic (exact) mass is 349 g/mol. The topological polar surface area (TPSA) is 84.0 Å². The van der Waals surface area contributed by atoms with Gasteiger partial charge in [0.2, 0.25) is 0 Å². The average Bonchev–Trinajstić information content (AvgIpc) is 3.24. The van der Waals surface area contributed by atoms with Gasteiger partial charge in [-0.2, -0.15) is 0 Å². The first-order valence-corrected chi connectivity index (χ1v) is 8.24. The number of aryl methyl sites for hydroxylation is 2. The van der Waals surface area contributed by atoms with Crippen LogP contribution in [0.25, 0.3) is 5.69 Å². The van der Waals surface area contributed by atoms with Crippen molar-refractivity contribution in [3.05, 3.63) is 65.1 Å². The van der Waals surface area contributed by atoms with Crippen LogP contribution in [0.15, 0.2) is 52.6 Å². The van der Waals surface area contributed by atoms with E-state index in [9.17, 15) is 14.7 Å². The van der Waals surface area contributed by atoms with Crippen molar-refractivity contribution in [2.24, 2.45) is 9.98 Å². The fourth-order valence-corrected chi connectivity index (χ4v) is 2.91. The average molecular weight is 349 g/mol. The Morgan fingerprint density at radius 1 is 1.23 bits per heavy atom. The van der Waals surface area contributed by atoms with Crippen molar-refractivity contribution in [2.75, 3.05) is 6.54 Å². The summed E-state index contributed by atoms with van der Waals surface area (Å²) in [6.45, 7) is 3.79. The van der Waals surface area contributed by atoms with Crippen LogP contribution < -0.4 is 0 Å². The number of nitrogens with zero attached hydrogens (tertiary/aromatic N) is 3. The summed E-state index contributed by atoms with van der Waals surface area (Å²) in [6.07, 6.45) is 5.95. The molecule has 0 fully saturated rings. The van der Waals surface area contributed by atoms with Crippen LogP contribution in [0.5, 0.6) is 0 Å². The largest absolute Gasteiger partial charge is 0.478 e. The lowest BCUT2D eigenvalue weighted by Crippen LogP contribution is -2.11. The summed E-state index contributed by atoms with van der Waals surface area (Å²) in [5.74, 6) is -1.20. The lowest BCUT2D eigenvalue weighted by molar-refractivity contribution is 0.0696. The van der Waals surface area contributed by atoms with E-state index in [1.54, 1.807) is 18.5 Å². The predicted molar refractivity (Wildman–Crippen MR) is 101 cm³/mol. The first-order valence-electron chi connectivity index (χ1n) is 8.24. The number of aromatic carboxylic acids is 1. The number of carbonyl (C=O) groups is 2. The first-order chi connectivity index (χ1) is 12.5. The van der Waals surface area contributed by atoms with E-state index in [4.69, 9.17) is 0 Å². The Labute approximate surface area is 151 Å². The lowest BCUT2D eigenvalue weighted by Gasteiger charge is -2.14. The molecule has 1 N–H and O–H groups in total. The zero-order chi connectivity index (χ0) is 18.7. The Hall–Kier alpha value is -3.28. The molecular formula is C20H19N3O3. The van der Waals surface area contributed by atoms with Gasteiger partial charge in [-0.05, 0) is 38.1 Å². The van der Waals surface area contributed by atoms with E-state index in [2.05, 4.69) is 9.98 Å². The smallest absolute Gasteiger partial charge is 0.337 e. The molecule has 0 atom stereocenters. The maximum Gasteiger partial charge on any atom is 0.337 e. The van der Waals surface area contributed by atoms with Crippen LogP contribution in [0.4, 0.5) is 0 Å². The van der Waals surface area contributed by atoms with Crippen LogP contribution in [0.2, 0.25) is 0 Å². The summed E-state index contributed by atoms with van der Waals surface area (Å²) in [6, 6.07) is 8.45. The summed E-state index contributed by atoms with van der Waals surface area (Å²) in [7, 11) is 0. The highest BCUT2D eigenvalue weighted by molar-refractivity contribution is 6.32. The highest BCUT2D eigenvalue weighted by Gasteiger charge is 2.17. The van der Waals surface area contributed by atoms with E-state index in [0.717, 1.165) is 23.5 Å². The van der Waals surface area contributed by atoms with Crippen molar-refractivity contribution in [3.8, 4) is 5.69 Å². The van der Waals surface area contributed by atoms with Gasteiger partial charge in [0.15, 0.2) is 5.78 Å². The van der Waals surface area contributed by atoms with E-state index in [0.29, 0.717) is 11.3 Å². The van der Waals surface area contributed by atoms with E-state index in [-0.39, 0.29) is 17.9 Å². The van der Waals surface area contributed by atoms with Crippen molar-refractivity contribution in [2.45, 2.75) is 20.3 Å². The highest BCUT2D eigenvalue weighted by Crippen LogP contribution is 2.22. The Kier molecular flexibility index (Phi) is 4.93. The molecule has 0 amide bonds. The fourth-order valence-electron chi connectivity index (χ4n) is 2.91. The number of aromatic nitrogens is 1. The minimum Gasteiger partial charge on any atom is -0.478 e. The molecule has 0 saturated heterocycles. The van der Waals surface area contributed by atoms with Gasteiger partial charge in [-0.25, -0.2) is 4.79 Å². The summed E-state index contributed by atoms with van der Waals surface area (Å²) >= 11 is 0. The van der Waals surface area contributed by atoms with E-state index >= 15 is 0 Å². The van der Waals surface area contributed by atoms with Gasteiger partial charge < -0.3 is 9.67 Å². The lowest BCUT2D eigenvalue weighted by atomic mass is 10.0. The number of allylic oxidation sites excluding steroid dienone is 1. The quantitative estimate of drug-likeness (QED) is 0.641. The normalized spacial score (nSPS) is 13.4. The molecule has 6 nitrogen and oxygen atoms in total. The third kappa shape index (κ3) is 3.54. The number of rotatable bonds is 6. The Balaban J connectivity index is 1.90. The molecule has 2 aromatic rings. The number of hydrogen-bond acceptors (Lipinski definition) is 4. The summed E-state index contributed by atoms with van der Waals surface area (Å²) in [5.41, 5.74) is 3.69. The molecule has 1 aromatic heterocycles. The van der Waals surface area contributed by atoms with Crippen LogP contribution in [-0.2, 0) is 0 Å². The van der Waals surface area contributed by atoms with Crippen molar-refractivity contribution >= 4 is 23.7 Å². The van der Waals surface area contributed by atoms with Crippen molar-refractivity contribution in [3.63, 3.8) is 0 Å². The van der Waals surface area contributed by atoms with Crippen molar-refractivity contribution in [1.82, 2.24) is 4.57 Å². The fraction of sp³-hybridized carbons (Fsp3) is 0.200. The second kappa shape index (κ2) is 7.31. The predicted octanol–water partition coefficient (Wildman–Crippen LogP) is 3.40.